The van der Waals surface area contributed by atoms with Gasteiger partial charge in [0.1, 0.15) is 0 Å². The van der Waals surface area contributed by atoms with Crippen LogP contribution in [0.15, 0.2) is 33.7 Å². The van der Waals surface area contributed by atoms with Crippen LogP contribution in [0.4, 0.5) is 0 Å². The van der Waals surface area contributed by atoms with Gasteiger partial charge in [-0.15, -0.1) is 0 Å². The predicted molar refractivity (Wildman–Crippen MR) is 79.5 cm³/mol. The second-order valence-electron chi connectivity index (χ2n) is 4.49. The van der Waals surface area contributed by atoms with Gasteiger partial charge in [0.2, 0.25) is 0 Å². The van der Waals surface area contributed by atoms with Gasteiger partial charge in [0.25, 0.3) is 0 Å². The predicted octanol–water partition coefficient (Wildman–Crippen LogP) is 3.67. The molecule has 0 saturated heterocycles. The Balaban J connectivity index is 1.86. The Bertz CT molecular complexity index is 418. The lowest BCUT2D eigenvalue weighted by Gasteiger charge is -2.12. The van der Waals surface area contributed by atoms with E-state index >= 15 is 0 Å². The van der Waals surface area contributed by atoms with E-state index in [1.54, 1.807) is 0 Å². The summed E-state index contributed by atoms with van der Waals surface area (Å²) in [6.45, 7) is 6.28. The molecule has 1 aromatic rings. The van der Waals surface area contributed by atoms with E-state index in [1.807, 2.05) is 17.8 Å². The fourth-order valence-electron chi connectivity index (χ4n) is 1.65. The van der Waals surface area contributed by atoms with E-state index in [4.69, 9.17) is 0 Å². The molecule has 1 aliphatic heterocycles. The molecule has 0 aliphatic carbocycles. The Labute approximate surface area is 115 Å². The lowest BCUT2D eigenvalue weighted by molar-refractivity contribution is 0.621. The molecule has 0 aromatic heterocycles. The minimum atomic E-state index is 0.636. The molecule has 1 N–H and O–H groups in total. The van der Waals surface area contributed by atoms with Crippen molar-refractivity contribution in [1.29, 1.82) is 0 Å². The third kappa shape index (κ3) is 3.49. The number of nitrogens with zero attached hydrogens (tertiary/aromatic N) is 1. The molecule has 92 valence electrons. The average Bonchev–Trinajstić information content (AvgIpc) is 2.77. The maximum absolute atomic E-state index is 4.54. The quantitative estimate of drug-likeness (QED) is 0.921. The molecule has 1 aromatic carbocycles. The molecule has 4 heteroatoms. The maximum atomic E-state index is 4.54. The molecule has 0 spiro atoms. The van der Waals surface area contributed by atoms with E-state index in [-0.39, 0.29) is 0 Å². The molecule has 2 rings (SSSR count). The highest BCUT2D eigenvalue weighted by Gasteiger charge is 2.22. The van der Waals surface area contributed by atoms with E-state index in [1.165, 1.54) is 5.56 Å². The molecule has 1 unspecified atom stereocenters. The van der Waals surface area contributed by atoms with Crippen LogP contribution in [0.5, 0.6) is 0 Å². The molecule has 1 atom stereocenters. The zero-order valence-electron chi connectivity index (χ0n) is 10.1. The molecular weight excluding hydrogens is 296 g/mol. The number of hydrogen-bond acceptors (Lipinski definition) is 3. The highest BCUT2D eigenvalue weighted by molar-refractivity contribution is 9.10. The Kier molecular flexibility index (Phi) is 4.51. The number of halogens is 1. The van der Waals surface area contributed by atoms with Crippen LogP contribution in [-0.4, -0.2) is 17.0 Å². The summed E-state index contributed by atoms with van der Waals surface area (Å²) in [4.78, 5) is 4.54. The number of aliphatic imine (C=N–C) groups is 1. The van der Waals surface area contributed by atoms with Gasteiger partial charge in [0.15, 0.2) is 5.17 Å². The van der Waals surface area contributed by atoms with Gasteiger partial charge in [0.05, 0.1) is 6.54 Å². The fourth-order valence-corrected chi connectivity index (χ4v) is 3.09. The van der Waals surface area contributed by atoms with Crippen LogP contribution in [0.1, 0.15) is 19.4 Å². The van der Waals surface area contributed by atoms with Crippen LogP contribution >= 0.6 is 27.7 Å². The van der Waals surface area contributed by atoms with Gasteiger partial charge in [0, 0.05) is 16.3 Å². The average molecular weight is 313 g/mol. The van der Waals surface area contributed by atoms with Crippen molar-refractivity contribution < 1.29 is 0 Å². The Morgan fingerprint density at radius 1 is 1.47 bits per heavy atom. The molecule has 0 amide bonds. The van der Waals surface area contributed by atoms with E-state index in [9.17, 15) is 0 Å². The van der Waals surface area contributed by atoms with Crippen LogP contribution in [0.3, 0.4) is 0 Å². The first-order valence-corrected chi connectivity index (χ1v) is 7.52. The van der Waals surface area contributed by atoms with Crippen molar-refractivity contribution in [3.05, 3.63) is 34.3 Å². The van der Waals surface area contributed by atoms with Crippen LogP contribution in [0.2, 0.25) is 0 Å². The van der Waals surface area contributed by atoms with Crippen molar-refractivity contribution in [3.63, 3.8) is 0 Å². The minimum absolute atomic E-state index is 0.636. The summed E-state index contributed by atoms with van der Waals surface area (Å²) in [6.07, 6.45) is 0. The first-order chi connectivity index (χ1) is 8.16. The molecule has 0 saturated carbocycles. The normalized spacial score (nSPS) is 19.5. The second-order valence-corrected chi connectivity index (χ2v) is 6.57. The second kappa shape index (κ2) is 5.91. The summed E-state index contributed by atoms with van der Waals surface area (Å²) >= 11 is 5.42. The zero-order valence-corrected chi connectivity index (χ0v) is 12.5. The summed E-state index contributed by atoms with van der Waals surface area (Å²) in [7, 11) is 0. The first-order valence-electron chi connectivity index (χ1n) is 5.85. The Morgan fingerprint density at radius 2 is 2.24 bits per heavy atom. The van der Waals surface area contributed by atoms with Gasteiger partial charge in [-0.3, -0.25) is 4.99 Å². The van der Waals surface area contributed by atoms with E-state index in [0.717, 1.165) is 22.7 Å². The van der Waals surface area contributed by atoms with Crippen molar-refractivity contribution in [2.24, 2.45) is 10.9 Å². The maximum Gasteiger partial charge on any atom is 0.157 e. The highest BCUT2D eigenvalue weighted by atomic mass is 79.9. The fraction of sp³-hybridized carbons (Fsp3) is 0.462. The summed E-state index contributed by atoms with van der Waals surface area (Å²) < 4.78 is 1.15. The van der Waals surface area contributed by atoms with Gasteiger partial charge in [-0.05, 0) is 17.5 Å². The van der Waals surface area contributed by atoms with Gasteiger partial charge >= 0.3 is 0 Å². The van der Waals surface area contributed by atoms with Crippen molar-refractivity contribution in [1.82, 2.24) is 5.32 Å². The molecule has 0 radical (unpaired) electrons. The number of hydrogen-bond donors (Lipinski definition) is 1. The van der Waals surface area contributed by atoms with Crippen molar-refractivity contribution in [2.45, 2.75) is 25.6 Å². The molecule has 0 bridgehead atoms. The third-order valence-electron chi connectivity index (χ3n) is 2.81. The molecule has 2 nitrogen and oxygen atoms in total. The molecule has 17 heavy (non-hydrogen) atoms. The number of benzene rings is 1. The Morgan fingerprint density at radius 3 is 2.88 bits per heavy atom. The highest BCUT2D eigenvalue weighted by Crippen LogP contribution is 2.26. The van der Waals surface area contributed by atoms with Crippen molar-refractivity contribution in [2.75, 3.05) is 6.54 Å². The largest absolute Gasteiger partial charge is 0.361 e. The van der Waals surface area contributed by atoms with Crippen LogP contribution in [0, 0.1) is 5.92 Å². The number of amidine groups is 1. The molecular formula is C13H17BrN2S. The molecule has 1 aliphatic rings. The first kappa shape index (κ1) is 13.0. The SMILES string of the molecule is CC(C)C1CN=C(NCc2ccccc2Br)S1. The summed E-state index contributed by atoms with van der Waals surface area (Å²) in [6, 6.07) is 8.28. The molecule has 1 heterocycles. The lowest BCUT2D eigenvalue weighted by Crippen LogP contribution is -2.20. The summed E-state index contributed by atoms with van der Waals surface area (Å²) in [5.74, 6) is 0.687. The van der Waals surface area contributed by atoms with Gasteiger partial charge in [-0.25, -0.2) is 0 Å². The monoisotopic (exact) mass is 312 g/mol. The Hall–Kier alpha value is -0.480. The van der Waals surface area contributed by atoms with Crippen LogP contribution in [-0.2, 0) is 6.54 Å². The van der Waals surface area contributed by atoms with E-state index in [0.29, 0.717) is 11.2 Å². The van der Waals surface area contributed by atoms with Gasteiger partial charge < -0.3 is 5.32 Å². The van der Waals surface area contributed by atoms with Crippen LogP contribution in [0.25, 0.3) is 0 Å². The van der Waals surface area contributed by atoms with E-state index < -0.39 is 0 Å². The van der Waals surface area contributed by atoms with Crippen LogP contribution < -0.4 is 5.32 Å². The zero-order chi connectivity index (χ0) is 12.3. The topological polar surface area (TPSA) is 24.4 Å². The van der Waals surface area contributed by atoms with Crippen molar-refractivity contribution >= 4 is 32.9 Å². The smallest absolute Gasteiger partial charge is 0.157 e. The van der Waals surface area contributed by atoms with E-state index in [2.05, 4.69) is 58.3 Å². The van der Waals surface area contributed by atoms with Gasteiger partial charge in [-0.1, -0.05) is 59.7 Å². The number of nitrogens with one attached hydrogen (secondary N) is 1. The number of thioether (sulfide) groups is 1. The summed E-state index contributed by atoms with van der Waals surface area (Å²) in [5, 5.41) is 5.13. The van der Waals surface area contributed by atoms with Crippen molar-refractivity contribution in [3.8, 4) is 0 Å². The number of rotatable bonds is 3. The standard InChI is InChI=1S/C13H17BrN2S/c1-9(2)12-8-16-13(17-12)15-7-10-5-3-4-6-11(10)14/h3-6,9,12H,7-8H2,1-2H3,(H,15,16). The van der Waals surface area contributed by atoms with Gasteiger partial charge in [-0.2, -0.15) is 0 Å². The third-order valence-corrected chi connectivity index (χ3v) is 5.08. The molecule has 0 fully saturated rings. The summed E-state index contributed by atoms with van der Waals surface area (Å²) in [5.41, 5.74) is 1.27. The lowest BCUT2D eigenvalue weighted by atomic mass is 10.1. The minimum Gasteiger partial charge on any atom is -0.361 e.